The third kappa shape index (κ3) is 3.98. The molecule has 1 saturated heterocycles. The molecule has 2 fully saturated rings. The lowest BCUT2D eigenvalue weighted by atomic mass is 9.67. The average Bonchev–Trinajstić information content (AvgIpc) is 2.35. The summed E-state index contributed by atoms with van der Waals surface area (Å²) in [6, 6.07) is 1.19. The van der Waals surface area contributed by atoms with Crippen molar-refractivity contribution in [3.63, 3.8) is 0 Å². The van der Waals surface area contributed by atoms with Gasteiger partial charge in [0.15, 0.2) is 0 Å². The zero-order valence-corrected chi connectivity index (χ0v) is 14.4. The summed E-state index contributed by atoms with van der Waals surface area (Å²) in [7, 11) is 0. The van der Waals surface area contributed by atoms with E-state index in [1.165, 1.54) is 45.2 Å². The summed E-state index contributed by atoms with van der Waals surface area (Å²) in [4.78, 5) is 2.73. The van der Waals surface area contributed by atoms with Gasteiger partial charge in [-0.1, -0.05) is 27.7 Å². The van der Waals surface area contributed by atoms with Gasteiger partial charge < -0.3 is 10.6 Å². The number of likely N-dealkylation sites (tertiary alicyclic amines) is 1. The minimum absolute atomic E-state index is 0.429. The maximum atomic E-state index is 6.46. The summed E-state index contributed by atoms with van der Waals surface area (Å²) in [5, 5.41) is 0. The zero-order valence-electron chi connectivity index (χ0n) is 14.4. The summed E-state index contributed by atoms with van der Waals surface area (Å²) >= 11 is 0. The molecule has 20 heavy (non-hydrogen) atoms. The number of hydrogen-bond donors (Lipinski definition) is 1. The molecule has 2 heteroatoms. The average molecular weight is 280 g/mol. The third-order valence-corrected chi connectivity index (χ3v) is 5.98. The lowest BCUT2D eigenvalue weighted by molar-refractivity contribution is 0.0601. The van der Waals surface area contributed by atoms with Crippen LogP contribution in [0.15, 0.2) is 0 Å². The SMILES string of the molecule is CC1CCC(C)N(CC2CC(C(C)(C)C)CCC2N)C1. The van der Waals surface area contributed by atoms with Crippen LogP contribution in [0.4, 0.5) is 0 Å². The van der Waals surface area contributed by atoms with Crippen LogP contribution in [0.5, 0.6) is 0 Å². The summed E-state index contributed by atoms with van der Waals surface area (Å²) in [6.07, 6.45) is 6.66. The highest BCUT2D eigenvalue weighted by Gasteiger charge is 2.36. The van der Waals surface area contributed by atoms with Crippen LogP contribution in [-0.4, -0.2) is 30.1 Å². The van der Waals surface area contributed by atoms with E-state index in [0.717, 1.165) is 17.9 Å². The molecule has 0 aromatic heterocycles. The zero-order chi connectivity index (χ0) is 14.9. The predicted molar refractivity (Wildman–Crippen MR) is 87.7 cm³/mol. The standard InChI is InChI=1S/C18H36N2/c1-13-6-7-14(2)20(11-13)12-15-10-16(18(3,4)5)8-9-17(15)19/h13-17H,6-12,19H2,1-5H3. The molecule has 2 nitrogen and oxygen atoms in total. The first-order valence-corrected chi connectivity index (χ1v) is 8.77. The number of nitrogens with zero attached hydrogens (tertiary/aromatic N) is 1. The van der Waals surface area contributed by atoms with Gasteiger partial charge in [-0.05, 0) is 62.2 Å². The van der Waals surface area contributed by atoms with Crippen LogP contribution in [0, 0.1) is 23.2 Å². The lowest BCUT2D eigenvalue weighted by Crippen LogP contribution is -2.49. The minimum Gasteiger partial charge on any atom is -0.327 e. The van der Waals surface area contributed by atoms with Gasteiger partial charge in [0.25, 0.3) is 0 Å². The van der Waals surface area contributed by atoms with Crippen molar-refractivity contribution in [1.82, 2.24) is 4.90 Å². The van der Waals surface area contributed by atoms with E-state index in [2.05, 4.69) is 39.5 Å². The summed E-state index contributed by atoms with van der Waals surface area (Å²) in [6.45, 7) is 14.5. The lowest BCUT2D eigenvalue weighted by Gasteiger charge is -2.45. The predicted octanol–water partition coefficient (Wildman–Crippen LogP) is 3.90. The Morgan fingerprint density at radius 3 is 2.40 bits per heavy atom. The van der Waals surface area contributed by atoms with Gasteiger partial charge in [0, 0.05) is 25.2 Å². The van der Waals surface area contributed by atoms with E-state index >= 15 is 0 Å². The molecular weight excluding hydrogens is 244 g/mol. The van der Waals surface area contributed by atoms with Gasteiger partial charge >= 0.3 is 0 Å². The highest BCUT2D eigenvalue weighted by molar-refractivity contribution is 4.90. The Morgan fingerprint density at radius 1 is 1.05 bits per heavy atom. The molecule has 1 aliphatic carbocycles. The van der Waals surface area contributed by atoms with Crippen molar-refractivity contribution in [3.05, 3.63) is 0 Å². The molecule has 1 aliphatic heterocycles. The topological polar surface area (TPSA) is 29.3 Å². The Hall–Kier alpha value is -0.0800. The summed E-state index contributed by atoms with van der Waals surface area (Å²) < 4.78 is 0. The molecule has 0 bridgehead atoms. The molecule has 0 aromatic rings. The molecule has 2 N–H and O–H groups in total. The van der Waals surface area contributed by atoms with Crippen molar-refractivity contribution in [3.8, 4) is 0 Å². The van der Waals surface area contributed by atoms with Crippen molar-refractivity contribution in [2.75, 3.05) is 13.1 Å². The van der Waals surface area contributed by atoms with Crippen LogP contribution in [0.3, 0.4) is 0 Å². The van der Waals surface area contributed by atoms with Crippen LogP contribution in [0.1, 0.15) is 66.7 Å². The Labute approximate surface area is 126 Å². The maximum Gasteiger partial charge on any atom is 0.00795 e. The molecule has 118 valence electrons. The first-order valence-electron chi connectivity index (χ1n) is 8.77. The molecule has 0 spiro atoms. The first-order chi connectivity index (χ1) is 9.27. The van der Waals surface area contributed by atoms with Gasteiger partial charge in [-0.15, -0.1) is 0 Å². The van der Waals surface area contributed by atoms with E-state index in [1.807, 2.05) is 0 Å². The van der Waals surface area contributed by atoms with Crippen LogP contribution < -0.4 is 5.73 Å². The molecule has 5 atom stereocenters. The number of rotatable bonds is 2. The minimum atomic E-state index is 0.429. The number of hydrogen-bond acceptors (Lipinski definition) is 2. The van der Waals surface area contributed by atoms with E-state index in [0.29, 0.717) is 17.4 Å². The van der Waals surface area contributed by atoms with Crippen LogP contribution in [0.2, 0.25) is 0 Å². The fourth-order valence-electron chi connectivity index (χ4n) is 4.22. The second kappa shape index (κ2) is 6.36. The van der Waals surface area contributed by atoms with E-state index in [4.69, 9.17) is 5.73 Å². The summed E-state index contributed by atoms with van der Waals surface area (Å²) in [5.74, 6) is 2.43. The molecule has 1 saturated carbocycles. The van der Waals surface area contributed by atoms with Crippen LogP contribution in [0.25, 0.3) is 0 Å². The smallest absolute Gasteiger partial charge is 0.00795 e. The van der Waals surface area contributed by atoms with Gasteiger partial charge in [0.05, 0.1) is 0 Å². The summed E-state index contributed by atoms with van der Waals surface area (Å²) in [5.41, 5.74) is 6.90. The molecular formula is C18H36N2. The number of nitrogens with two attached hydrogens (primary N) is 1. The normalized spacial score (nSPS) is 40.8. The van der Waals surface area contributed by atoms with Gasteiger partial charge in [0.1, 0.15) is 0 Å². The second-order valence-electron chi connectivity index (χ2n) is 8.79. The second-order valence-corrected chi connectivity index (χ2v) is 8.79. The molecule has 5 unspecified atom stereocenters. The molecule has 0 aromatic carbocycles. The fraction of sp³-hybridized carbons (Fsp3) is 1.00. The van der Waals surface area contributed by atoms with Crippen molar-refractivity contribution in [1.29, 1.82) is 0 Å². The Morgan fingerprint density at radius 2 is 1.75 bits per heavy atom. The third-order valence-electron chi connectivity index (χ3n) is 5.98. The van der Waals surface area contributed by atoms with E-state index in [1.54, 1.807) is 0 Å². The van der Waals surface area contributed by atoms with Crippen LogP contribution in [-0.2, 0) is 0 Å². The molecule has 1 heterocycles. The first kappa shape index (κ1) is 16.3. The highest BCUT2D eigenvalue weighted by Crippen LogP contribution is 2.40. The van der Waals surface area contributed by atoms with Gasteiger partial charge in [0.2, 0.25) is 0 Å². The monoisotopic (exact) mass is 280 g/mol. The van der Waals surface area contributed by atoms with Crippen molar-refractivity contribution < 1.29 is 0 Å². The van der Waals surface area contributed by atoms with Crippen molar-refractivity contribution in [2.24, 2.45) is 28.9 Å². The maximum absolute atomic E-state index is 6.46. The molecule has 0 amide bonds. The molecule has 2 aliphatic rings. The largest absolute Gasteiger partial charge is 0.327 e. The van der Waals surface area contributed by atoms with Gasteiger partial charge in [-0.2, -0.15) is 0 Å². The molecule has 0 radical (unpaired) electrons. The van der Waals surface area contributed by atoms with Gasteiger partial charge in [-0.25, -0.2) is 0 Å². The molecule has 2 rings (SSSR count). The van der Waals surface area contributed by atoms with Crippen LogP contribution >= 0.6 is 0 Å². The van der Waals surface area contributed by atoms with E-state index in [9.17, 15) is 0 Å². The number of piperidine rings is 1. The van der Waals surface area contributed by atoms with Crippen molar-refractivity contribution >= 4 is 0 Å². The Balaban J connectivity index is 1.95. The van der Waals surface area contributed by atoms with Gasteiger partial charge in [-0.3, -0.25) is 0 Å². The van der Waals surface area contributed by atoms with E-state index in [-0.39, 0.29) is 0 Å². The quantitative estimate of drug-likeness (QED) is 0.831. The fourth-order valence-corrected chi connectivity index (χ4v) is 4.22. The highest BCUT2D eigenvalue weighted by atomic mass is 15.2. The van der Waals surface area contributed by atoms with E-state index < -0.39 is 0 Å². The van der Waals surface area contributed by atoms with Crippen molar-refractivity contribution in [2.45, 2.75) is 78.8 Å². The Bertz CT molecular complexity index is 307. The Kier molecular flexibility index (Phi) is 5.18.